The number of rotatable bonds is 7. The largest absolute Gasteiger partial charge is 0.482 e. The van der Waals surface area contributed by atoms with Crippen LogP contribution >= 0.6 is 0 Å². The van der Waals surface area contributed by atoms with Gasteiger partial charge in [0.15, 0.2) is 5.88 Å². The molecule has 1 aromatic carbocycles. The summed E-state index contributed by atoms with van der Waals surface area (Å²) in [5.41, 5.74) is 4.59. The zero-order valence-electron chi connectivity index (χ0n) is 26.2. The minimum atomic E-state index is -0.593. The first-order chi connectivity index (χ1) is 21.6. The van der Waals surface area contributed by atoms with Crippen LogP contribution in [-0.4, -0.2) is 68.1 Å². The number of hydrogen-bond acceptors (Lipinski definition) is 7. The summed E-state index contributed by atoms with van der Waals surface area (Å²) < 4.78 is 19.0. The van der Waals surface area contributed by atoms with Crippen LogP contribution in [0.3, 0.4) is 0 Å². The number of alkyl carbamates (subject to hydrolysis) is 1. The lowest BCUT2D eigenvalue weighted by molar-refractivity contribution is 0.0452. The molecule has 0 aliphatic carbocycles. The molecule has 0 bridgehead atoms. The molecular formula is C34H38N6O5. The Morgan fingerprint density at radius 2 is 1.87 bits per heavy atom. The molecule has 5 heterocycles. The summed E-state index contributed by atoms with van der Waals surface area (Å²) in [6.45, 7) is 8.85. The topological polar surface area (TPSA) is 123 Å². The highest BCUT2D eigenvalue weighted by molar-refractivity contribution is 5.96. The quantitative estimate of drug-likeness (QED) is 0.235. The van der Waals surface area contributed by atoms with Crippen molar-refractivity contribution in [1.82, 2.24) is 29.6 Å². The van der Waals surface area contributed by atoms with Crippen molar-refractivity contribution in [1.29, 1.82) is 0 Å². The molecule has 1 aliphatic heterocycles. The second-order valence-corrected chi connectivity index (χ2v) is 12.3. The predicted molar refractivity (Wildman–Crippen MR) is 171 cm³/mol. The lowest BCUT2D eigenvalue weighted by atomic mass is 10.0. The van der Waals surface area contributed by atoms with Gasteiger partial charge in [0.2, 0.25) is 5.88 Å². The van der Waals surface area contributed by atoms with E-state index in [0.29, 0.717) is 48.3 Å². The maximum absolute atomic E-state index is 13.7. The highest BCUT2D eigenvalue weighted by Crippen LogP contribution is 2.31. The molecular weight excluding hydrogens is 572 g/mol. The van der Waals surface area contributed by atoms with Gasteiger partial charge in [-0.05, 0) is 64.3 Å². The molecule has 234 valence electrons. The van der Waals surface area contributed by atoms with Gasteiger partial charge in [-0.25, -0.2) is 9.78 Å². The summed E-state index contributed by atoms with van der Waals surface area (Å²) in [4.78, 5) is 40.7. The minimum Gasteiger partial charge on any atom is -0.482 e. The van der Waals surface area contributed by atoms with Gasteiger partial charge in [-0.2, -0.15) is 4.98 Å². The summed E-state index contributed by atoms with van der Waals surface area (Å²) in [5.74, 6) is 0.877. The van der Waals surface area contributed by atoms with E-state index in [1.165, 1.54) is 0 Å². The number of aromatic amines is 1. The molecule has 2 N–H and O–H groups in total. The molecule has 1 saturated heterocycles. The maximum Gasteiger partial charge on any atom is 0.407 e. The van der Waals surface area contributed by atoms with Crippen molar-refractivity contribution in [2.45, 2.75) is 58.8 Å². The van der Waals surface area contributed by atoms with Gasteiger partial charge in [0.25, 0.3) is 5.91 Å². The lowest BCUT2D eigenvalue weighted by Gasteiger charge is -2.33. The predicted octanol–water partition coefficient (Wildman–Crippen LogP) is 5.90. The number of methoxy groups -OCH3 is 1. The van der Waals surface area contributed by atoms with Crippen molar-refractivity contribution in [3.05, 3.63) is 77.5 Å². The van der Waals surface area contributed by atoms with E-state index in [1.807, 2.05) is 80.6 Å². The fraction of sp³-hybridized carbons (Fsp3) is 0.353. The normalized spacial score (nSPS) is 15.3. The van der Waals surface area contributed by atoms with Crippen LogP contribution in [-0.2, 0) is 11.3 Å². The van der Waals surface area contributed by atoms with Crippen LogP contribution in [0.25, 0.3) is 28.1 Å². The van der Waals surface area contributed by atoms with Crippen molar-refractivity contribution in [2.75, 3.05) is 20.2 Å². The molecule has 6 rings (SSSR count). The second-order valence-electron chi connectivity index (χ2n) is 12.3. The van der Waals surface area contributed by atoms with Gasteiger partial charge in [0.05, 0.1) is 18.5 Å². The molecule has 0 spiro atoms. The Labute approximate surface area is 261 Å². The number of ether oxygens (including phenoxy) is 3. The number of imidazole rings is 1. The first-order valence-corrected chi connectivity index (χ1v) is 15.1. The van der Waals surface area contributed by atoms with E-state index in [9.17, 15) is 9.59 Å². The third-order valence-electron chi connectivity index (χ3n) is 7.74. The van der Waals surface area contributed by atoms with E-state index in [-0.39, 0.29) is 11.9 Å². The van der Waals surface area contributed by atoms with Crippen molar-refractivity contribution in [2.24, 2.45) is 0 Å². The van der Waals surface area contributed by atoms with Crippen molar-refractivity contribution in [3.63, 3.8) is 0 Å². The Balaban J connectivity index is 1.23. The number of pyridine rings is 2. The Kier molecular flexibility index (Phi) is 8.09. The van der Waals surface area contributed by atoms with Crippen molar-refractivity contribution < 1.29 is 23.8 Å². The van der Waals surface area contributed by atoms with Gasteiger partial charge in [0.1, 0.15) is 29.2 Å². The van der Waals surface area contributed by atoms with E-state index in [0.717, 1.165) is 40.9 Å². The first-order valence-electron chi connectivity index (χ1n) is 15.1. The summed E-state index contributed by atoms with van der Waals surface area (Å²) in [5, 5.41) is 3.84. The number of likely N-dealkylation sites (tertiary alicyclic amines) is 1. The standard InChI is InChI=1S/C34H38N6O5/c1-21-30(26-16-23-13-14-28(38-31(23)36-26)44-20-22-10-7-6-8-11-22)37-27-17-24(18-29(43-5)40(21)27)32(41)39-15-9-12-25(19-39)35-33(42)45-34(2,3)4/h6-8,10-11,13-14,16-18,25H,9,12,15,19-20H2,1-5H3,(H,35,42)(H,36,38). The smallest absolute Gasteiger partial charge is 0.407 e. The van der Waals surface area contributed by atoms with Gasteiger partial charge in [0, 0.05) is 42.2 Å². The highest BCUT2D eigenvalue weighted by Gasteiger charge is 2.28. The van der Waals surface area contributed by atoms with Gasteiger partial charge in [-0.1, -0.05) is 30.3 Å². The minimum absolute atomic E-state index is 0.147. The number of benzene rings is 1. The molecule has 1 atom stereocenters. The number of fused-ring (bicyclic) bond motifs is 2. The zero-order chi connectivity index (χ0) is 31.7. The fourth-order valence-electron chi connectivity index (χ4n) is 5.67. The third-order valence-corrected chi connectivity index (χ3v) is 7.74. The summed E-state index contributed by atoms with van der Waals surface area (Å²) in [6.07, 6.45) is 1.06. The van der Waals surface area contributed by atoms with Gasteiger partial charge in [-0.15, -0.1) is 0 Å². The molecule has 1 fully saturated rings. The molecule has 4 aromatic heterocycles. The number of nitrogens with one attached hydrogen (secondary N) is 2. The molecule has 5 aromatic rings. The zero-order valence-corrected chi connectivity index (χ0v) is 26.2. The van der Waals surface area contributed by atoms with E-state index < -0.39 is 11.7 Å². The van der Waals surface area contributed by atoms with Crippen LogP contribution in [0.15, 0.2) is 60.7 Å². The third kappa shape index (κ3) is 6.57. The van der Waals surface area contributed by atoms with Crippen LogP contribution in [0, 0.1) is 6.92 Å². The van der Waals surface area contributed by atoms with Crippen LogP contribution in [0.1, 0.15) is 55.2 Å². The van der Waals surface area contributed by atoms with Crippen molar-refractivity contribution in [3.8, 4) is 23.1 Å². The lowest BCUT2D eigenvalue weighted by Crippen LogP contribution is -2.50. The number of H-pyrrole nitrogens is 1. The van der Waals surface area contributed by atoms with E-state index in [1.54, 1.807) is 24.1 Å². The average molecular weight is 611 g/mol. The molecule has 0 radical (unpaired) electrons. The van der Waals surface area contributed by atoms with Crippen LogP contribution in [0.2, 0.25) is 0 Å². The molecule has 11 nitrogen and oxygen atoms in total. The Bertz CT molecular complexity index is 1860. The van der Waals surface area contributed by atoms with E-state index >= 15 is 0 Å². The number of nitrogens with zero attached hydrogens (tertiary/aromatic N) is 4. The molecule has 0 saturated carbocycles. The molecule has 11 heteroatoms. The monoisotopic (exact) mass is 610 g/mol. The number of amides is 2. The highest BCUT2D eigenvalue weighted by atomic mass is 16.6. The number of hydrogen-bond donors (Lipinski definition) is 2. The first kappa shape index (κ1) is 30.0. The number of carbonyl (C=O) groups excluding carboxylic acids is 2. The van der Waals surface area contributed by atoms with Crippen molar-refractivity contribution >= 4 is 28.7 Å². The fourth-order valence-corrected chi connectivity index (χ4v) is 5.67. The van der Waals surface area contributed by atoms with Gasteiger partial charge >= 0.3 is 6.09 Å². The van der Waals surface area contributed by atoms with E-state index in [4.69, 9.17) is 19.2 Å². The number of aryl methyl sites for hydroxylation is 1. The summed E-state index contributed by atoms with van der Waals surface area (Å²) in [6, 6.07) is 19.1. The second kappa shape index (κ2) is 12.1. The average Bonchev–Trinajstić information content (AvgIpc) is 3.59. The van der Waals surface area contributed by atoms with E-state index in [2.05, 4.69) is 15.3 Å². The van der Waals surface area contributed by atoms with Gasteiger partial charge < -0.3 is 29.4 Å². The molecule has 1 unspecified atom stereocenters. The Morgan fingerprint density at radius 3 is 2.62 bits per heavy atom. The Hall–Kier alpha value is -5.06. The van der Waals surface area contributed by atoms with Gasteiger partial charge in [-0.3, -0.25) is 9.20 Å². The molecule has 1 aliphatic rings. The maximum atomic E-state index is 13.7. The SMILES string of the molecule is COc1cc(C(=O)N2CCCC(NC(=O)OC(C)(C)C)C2)cc2nc(-c3cc4ccc(OCc5ccccc5)nc4[nH]3)c(C)n12. The van der Waals surface area contributed by atoms with Crippen LogP contribution < -0.4 is 14.8 Å². The number of aromatic nitrogens is 4. The number of carbonyl (C=O) groups is 2. The molecule has 45 heavy (non-hydrogen) atoms. The summed E-state index contributed by atoms with van der Waals surface area (Å²) >= 11 is 0. The summed E-state index contributed by atoms with van der Waals surface area (Å²) in [7, 11) is 1.58. The van der Waals surface area contributed by atoms with Crippen LogP contribution in [0.4, 0.5) is 4.79 Å². The molecule has 2 amide bonds. The van der Waals surface area contributed by atoms with Crippen LogP contribution in [0.5, 0.6) is 11.8 Å². The number of piperidine rings is 1. The Morgan fingerprint density at radius 1 is 1.07 bits per heavy atom.